The fourth-order valence-electron chi connectivity index (χ4n) is 2.50. The molecule has 1 aliphatic carbocycles. The second-order valence-electron chi connectivity index (χ2n) is 4.83. The van der Waals surface area contributed by atoms with Crippen LogP contribution in [0.4, 0.5) is 0 Å². The zero-order valence-corrected chi connectivity index (χ0v) is 13.7. The Morgan fingerprint density at radius 1 is 1.38 bits per heavy atom. The Hall–Kier alpha value is -1.10. The summed E-state index contributed by atoms with van der Waals surface area (Å²) >= 11 is 13.7. The standard InChI is InChI=1S/C15H13Cl2NO2S/c1-2-20-15(19)11-3-4-12-13(11)18-14(21-12)8-5-9(16)7-10(17)6-8/h5-7,11H,2-4H2,1H3. The number of ether oxygens (including phenoxy) is 1. The first kappa shape index (κ1) is 14.8. The highest BCUT2D eigenvalue weighted by Gasteiger charge is 2.33. The van der Waals surface area contributed by atoms with Crippen molar-refractivity contribution in [3.05, 3.63) is 38.8 Å². The van der Waals surface area contributed by atoms with Crippen LogP contribution >= 0.6 is 34.5 Å². The van der Waals surface area contributed by atoms with Crippen molar-refractivity contribution < 1.29 is 9.53 Å². The molecule has 0 aliphatic heterocycles. The molecule has 0 spiro atoms. The predicted molar refractivity (Wildman–Crippen MR) is 85.3 cm³/mol. The van der Waals surface area contributed by atoms with Crippen molar-refractivity contribution in [1.82, 2.24) is 4.98 Å². The molecule has 0 radical (unpaired) electrons. The van der Waals surface area contributed by atoms with Gasteiger partial charge < -0.3 is 4.74 Å². The molecule has 1 atom stereocenters. The molecule has 1 aromatic carbocycles. The van der Waals surface area contributed by atoms with Crippen molar-refractivity contribution in [3.8, 4) is 10.6 Å². The molecular weight excluding hydrogens is 329 g/mol. The average Bonchev–Trinajstić information content (AvgIpc) is 2.96. The zero-order valence-electron chi connectivity index (χ0n) is 11.4. The number of hydrogen-bond acceptors (Lipinski definition) is 4. The summed E-state index contributed by atoms with van der Waals surface area (Å²) < 4.78 is 5.12. The lowest BCUT2D eigenvalue weighted by Crippen LogP contribution is -2.14. The van der Waals surface area contributed by atoms with Gasteiger partial charge in [0, 0.05) is 20.5 Å². The Kier molecular flexibility index (Phi) is 4.20. The number of aryl methyl sites for hydroxylation is 1. The molecule has 0 bridgehead atoms. The van der Waals surface area contributed by atoms with Crippen LogP contribution in [-0.2, 0) is 16.0 Å². The molecule has 0 fully saturated rings. The molecule has 1 unspecified atom stereocenters. The SMILES string of the molecule is CCOC(=O)C1CCc2sc(-c3cc(Cl)cc(Cl)c3)nc21. The molecule has 1 aromatic heterocycles. The van der Waals surface area contributed by atoms with E-state index < -0.39 is 0 Å². The molecule has 3 rings (SSSR count). The van der Waals surface area contributed by atoms with E-state index >= 15 is 0 Å². The van der Waals surface area contributed by atoms with E-state index in [2.05, 4.69) is 4.98 Å². The second-order valence-corrected chi connectivity index (χ2v) is 6.79. The molecule has 21 heavy (non-hydrogen) atoms. The van der Waals surface area contributed by atoms with Crippen LogP contribution in [0.3, 0.4) is 0 Å². The highest BCUT2D eigenvalue weighted by atomic mass is 35.5. The van der Waals surface area contributed by atoms with Gasteiger partial charge in [0.1, 0.15) is 10.9 Å². The van der Waals surface area contributed by atoms with E-state index in [-0.39, 0.29) is 11.9 Å². The van der Waals surface area contributed by atoms with Crippen LogP contribution in [0.15, 0.2) is 18.2 Å². The van der Waals surface area contributed by atoms with Gasteiger partial charge in [0.05, 0.1) is 12.3 Å². The maximum atomic E-state index is 12.0. The molecule has 0 amide bonds. The number of thiazole rings is 1. The minimum absolute atomic E-state index is 0.183. The Morgan fingerprint density at radius 2 is 2.10 bits per heavy atom. The van der Waals surface area contributed by atoms with Crippen LogP contribution < -0.4 is 0 Å². The number of esters is 1. The van der Waals surface area contributed by atoms with E-state index in [0.29, 0.717) is 16.7 Å². The number of carbonyl (C=O) groups is 1. The van der Waals surface area contributed by atoms with E-state index in [1.54, 1.807) is 17.4 Å². The van der Waals surface area contributed by atoms with Crippen molar-refractivity contribution >= 4 is 40.5 Å². The first-order chi connectivity index (χ1) is 10.1. The van der Waals surface area contributed by atoms with Gasteiger partial charge in [0.2, 0.25) is 0 Å². The summed E-state index contributed by atoms with van der Waals surface area (Å²) in [6.07, 6.45) is 1.65. The van der Waals surface area contributed by atoms with Gasteiger partial charge in [-0.1, -0.05) is 23.2 Å². The van der Waals surface area contributed by atoms with Gasteiger partial charge in [-0.15, -0.1) is 11.3 Å². The summed E-state index contributed by atoms with van der Waals surface area (Å²) in [4.78, 5) is 17.7. The van der Waals surface area contributed by atoms with Gasteiger partial charge in [-0.2, -0.15) is 0 Å². The topological polar surface area (TPSA) is 39.2 Å². The lowest BCUT2D eigenvalue weighted by Gasteiger charge is -2.07. The molecule has 1 aliphatic rings. The van der Waals surface area contributed by atoms with Gasteiger partial charge >= 0.3 is 5.97 Å². The third-order valence-corrected chi connectivity index (χ3v) is 5.01. The Bertz CT molecular complexity index is 679. The van der Waals surface area contributed by atoms with Crippen molar-refractivity contribution in [2.75, 3.05) is 6.61 Å². The van der Waals surface area contributed by atoms with Gasteiger partial charge in [0.25, 0.3) is 0 Å². The number of nitrogens with zero attached hydrogens (tertiary/aromatic N) is 1. The summed E-state index contributed by atoms with van der Waals surface area (Å²) in [7, 11) is 0. The Morgan fingerprint density at radius 3 is 2.76 bits per heavy atom. The third kappa shape index (κ3) is 2.93. The number of hydrogen-bond donors (Lipinski definition) is 0. The third-order valence-electron chi connectivity index (χ3n) is 3.40. The molecule has 2 aromatic rings. The predicted octanol–water partition coefficient (Wildman–Crippen LogP) is 4.71. The Balaban J connectivity index is 1.94. The quantitative estimate of drug-likeness (QED) is 0.759. The minimum atomic E-state index is -0.236. The average molecular weight is 342 g/mol. The lowest BCUT2D eigenvalue weighted by atomic mass is 10.1. The van der Waals surface area contributed by atoms with E-state index in [4.69, 9.17) is 27.9 Å². The highest BCUT2D eigenvalue weighted by Crippen LogP contribution is 2.41. The summed E-state index contributed by atoms with van der Waals surface area (Å²) in [5.41, 5.74) is 1.74. The fourth-order valence-corrected chi connectivity index (χ4v) is 4.15. The van der Waals surface area contributed by atoms with E-state index in [1.165, 1.54) is 0 Å². The molecule has 1 heterocycles. The van der Waals surface area contributed by atoms with Crippen LogP contribution in [0.25, 0.3) is 10.6 Å². The molecule has 0 saturated carbocycles. The van der Waals surface area contributed by atoms with Crippen molar-refractivity contribution in [2.24, 2.45) is 0 Å². The number of rotatable bonds is 3. The first-order valence-corrected chi connectivity index (χ1v) is 8.28. The van der Waals surface area contributed by atoms with Gasteiger partial charge in [0.15, 0.2) is 0 Å². The van der Waals surface area contributed by atoms with Crippen LogP contribution in [0.5, 0.6) is 0 Å². The number of halogens is 2. The van der Waals surface area contributed by atoms with Crippen LogP contribution in [0.1, 0.15) is 29.8 Å². The molecular formula is C15H13Cl2NO2S. The molecule has 6 heteroatoms. The van der Waals surface area contributed by atoms with Crippen LogP contribution in [0, 0.1) is 0 Å². The molecule has 0 saturated heterocycles. The lowest BCUT2D eigenvalue weighted by molar-refractivity contribution is -0.145. The number of carbonyl (C=O) groups excluding carboxylic acids is 1. The van der Waals surface area contributed by atoms with Crippen LogP contribution in [-0.4, -0.2) is 17.6 Å². The largest absolute Gasteiger partial charge is 0.465 e. The maximum absolute atomic E-state index is 12.0. The molecule has 110 valence electrons. The summed E-state index contributed by atoms with van der Waals surface area (Å²) in [6, 6.07) is 5.36. The normalized spacial score (nSPS) is 16.8. The number of aromatic nitrogens is 1. The first-order valence-electron chi connectivity index (χ1n) is 6.71. The van der Waals surface area contributed by atoms with Crippen molar-refractivity contribution in [1.29, 1.82) is 0 Å². The van der Waals surface area contributed by atoms with Gasteiger partial charge in [-0.3, -0.25) is 4.79 Å². The summed E-state index contributed by atoms with van der Waals surface area (Å²) in [6.45, 7) is 2.21. The molecule has 0 N–H and O–H groups in total. The van der Waals surface area contributed by atoms with E-state index in [0.717, 1.165) is 34.0 Å². The van der Waals surface area contributed by atoms with Crippen molar-refractivity contribution in [3.63, 3.8) is 0 Å². The van der Waals surface area contributed by atoms with E-state index in [9.17, 15) is 4.79 Å². The minimum Gasteiger partial charge on any atom is -0.465 e. The van der Waals surface area contributed by atoms with Crippen LogP contribution in [0.2, 0.25) is 10.0 Å². The summed E-state index contributed by atoms with van der Waals surface area (Å²) in [5.74, 6) is -0.420. The monoisotopic (exact) mass is 341 g/mol. The maximum Gasteiger partial charge on any atom is 0.315 e. The van der Waals surface area contributed by atoms with Gasteiger partial charge in [-0.05, 0) is 38.0 Å². The van der Waals surface area contributed by atoms with Crippen molar-refractivity contribution in [2.45, 2.75) is 25.7 Å². The second kappa shape index (κ2) is 5.95. The zero-order chi connectivity index (χ0) is 15.0. The number of fused-ring (bicyclic) bond motifs is 1. The van der Waals surface area contributed by atoms with Gasteiger partial charge in [-0.25, -0.2) is 4.98 Å². The molecule has 3 nitrogen and oxygen atoms in total. The highest BCUT2D eigenvalue weighted by molar-refractivity contribution is 7.15. The fraction of sp³-hybridized carbons (Fsp3) is 0.333. The van der Waals surface area contributed by atoms with E-state index in [1.807, 2.05) is 19.1 Å². The smallest absolute Gasteiger partial charge is 0.315 e. The summed E-state index contributed by atoms with van der Waals surface area (Å²) in [5, 5.41) is 2.00. The Labute approximate surface area is 136 Å². The number of benzene rings is 1.